The fraction of sp³-hybridized carbons (Fsp3) is 0.444. The van der Waals surface area contributed by atoms with Crippen LogP contribution in [0.1, 0.15) is 29.8 Å². The molecule has 1 heterocycles. The van der Waals surface area contributed by atoms with Crippen LogP contribution in [-0.4, -0.2) is 21.0 Å². The third-order valence-corrected chi connectivity index (χ3v) is 2.22. The van der Waals surface area contributed by atoms with Gasteiger partial charge in [-0.2, -0.15) is 0 Å². The predicted octanol–water partition coefficient (Wildman–Crippen LogP) is 0.864. The molecular formula is C9H13N3O2. The first-order valence-electron chi connectivity index (χ1n) is 4.27. The highest BCUT2D eigenvalue weighted by Gasteiger charge is 2.19. The molecule has 3 N–H and O–H groups in total. The van der Waals surface area contributed by atoms with E-state index in [1.165, 1.54) is 0 Å². The molecule has 0 spiro atoms. The van der Waals surface area contributed by atoms with E-state index in [1.807, 2.05) is 0 Å². The van der Waals surface area contributed by atoms with Crippen molar-refractivity contribution in [2.45, 2.75) is 26.7 Å². The van der Waals surface area contributed by atoms with Gasteiger partial charge in [-0.3, -0.25) is 4.79 Å². The number of nitrogens with zero attached hydrogens (tertiary/aromatic N) is 2. The van der Waals surface area contributed by atoms with E-state index >= 15 is 0 Å². The molecule has 1 atom stereocenters. The summed E-state index contributed by atoms with van der Waals surface area (Å²) in [5.74, 6) is -1.44. The second kappa shape index (κ2) is 3.61. The molecule has 1 rings (SSSR count). The fourth-order valence-corrected chi connectivity index (χ4v) is 1.21. The Kier molecular flexibility index (Phi) is 2.69. The van der Waals surface area contributed by atoms with E-state index in [2.05, 4.69) is 9.97 Å². The quantitative estimate of drug-likeness (QED) is 0.730. The maximum absolute atomic E-state index is 10.8. The predicted molar refractivity (Wildman–Crippen MR) is 52.0 cm³/mol. The van der Waals surface area contributed by atoms with E-state index in [0.717, 1.165) is 11.3 Å². The highest BCUT2D eigenvalue weighted by molar-refractivity contribution is 5.75. The van der Waals surface area contributed by atoms with Gasteiger partial charge in [0.2, 0.25) is 5.95 Å². The number of carboxylic acid groups (broad SMARTS) is 1. The lowest BCUT2D eigenvalue weighted by Gasteiger charge is -2.11. The van der Waals surface area contributed by atoms with E-state index in [0.29, 0.717) is 5.69 Å². The van der Waals surface area contributed by atoms with Gasteiger partial charge in [0, 0.05) is 5.69 Å². The van der Waals surface area contributed by atoms with Gasteiger partial charge in [-0.1, -0.05) is 0 Å². The third-order valence-electron chi connectivity index (χ3n) is 2.22. The molecule has 0 aliphatic rings. The Morgan fingerprint density at radius 3 is 2.50 bits per heavy atom. The Morgan fingerprint density at radius 2 is 2.00 bits per heavy atom. The van der Waals surface area contributed by atoms with Gasteiger partial charge < -0.3 is 10.8 Å². The van der Waals surface area contributed by atoms with Crippen LogP contribution < -0.4 is 5.73 Å². The van der Waals surface area contributed by atoms with Crippen LogP contribution in [0.15, 0.2) is 0 Å². The van der Waals surface area contributed by atoms with Gasteiger partial charge in [-0.25, -0.2) is 9.97 Å². The van der Waals surface area contributed by atoms with Crippen LogP contribution in [0, 0.1) is 13.8 Å². The Bertz CT molecular complexity index is 377. The van der Waals surface area contributed by atoms with Gasteiger partial charge in [0.1, 0.15) is 0 Å². The van der Waals surface area contributed by atoms with Crippen LogP contribution in [0.3, 0.4) is 0 Å². The van der Waals surface area contributed by atoms with Crippen molar-refractivity contribution in [3.63, 3.8) is 0 Å². The minimum Gasteiger partial charge on any atom is -0.481 e. The molecule has 1 unspecified atom stereocenters. The van der Waals surface area contributed by atoms with E-state index in [4.69, 9.17) is 10.8 Å². The maximum Gasteiger partial charge on any atom is 0.312 e. The summed E-state index contributed by atoms with van der Waals surface area (Å²) >= 11 is 0. The summed E-state index contributed by atoms with van der Waals surface area (Å²) < 4.78 is 0. The first kappa shape index (κ1) is 10.4. The van der Waals surface area contributed by atoms with Crippen molar-refractivity contribution in [1.82, 2.24) is 9.97 Å². The van der Waals surface area contributed by atoms with Crippen molar-refractivity contribution in [1.29, 1.82) is 0 Å². The minimum absolute atomic E-state index is 0.121. The third kappa shape index (κ3) is 1.81. The largest absolute Gasteiger partial charge is 0.481 e. The van der Waals surface area contributed by atoms with Gasteiger partial charge >= 0.3 is 5.97 Å². The highest BCUT2D eigenvalue weighted by Crippen LogP contribution is 2.19. The Hall–Kier alpha value is -1.65. The van der Waals surface area contributed by atoms with Crippen molar-refractivity contribution in [3.8, 4) is 0 Å². The number of carbonyl (C=O) groups is 1. The zero-order chi connectivity index (χ0) is 10.9. The molecule has 1 aromatic rings. The molecule has 0 fully saturated rings. The number of carboxylic acids is 1. The molecule has 1 aromatic heterocycles. The number of anilines is 1. The summed E-state index contributed by atoms with van der Waals surface area (Å²) in [6.07, 6.45) is 0. The van der Waals surface area contributed by atoms with Gasteiger partial charge in [-0.05, 0) is 26.3 Å². The van der Waals surface area contributed by atoms with Crippen LogP contribution in [0.4, 0.5) is 5.95 Å². The lowest BCUT2D eigenvalue weighted by Crippen LogP contribution is -2.14. The SMILES string of the molecule is Cc1nc(N)nc(C(C)C(=O)O)c1C. The molecular weight excluding hydrogens is 182 g/mol. The lowest BCUT2D eigenvalue weighted by atomic mass is 10.0. The number of hydrogen-bond donors (Lipinski definition) is 2. The van der Waals surface area contributed by atoms with Gasteiger partial charge in [0.05, 0.1) is 11.6 Å². The van der Waals surface area contributed by atoms with Gasteiger partial charge in [0.15, 0.2) is 0 Å². The molecule has 0 aliphatic carbocycles. The summed E-state index contributed by atoms with van der Waals surface area (Å²) in [5.41, 5.74) is 7.45. The maximum atomic E-state index is 10.8. The zero-order valence-electron chi connectivity index (χ0n) is 8.40. The Labute approximate surface area is 82.0 Å². The standard InChI is InChI=1S/C9H13N3O2/c1-4-6(3)11-9(10)12-7(4)5(2)8(13)14/h5H,1-3H3,(H,13,14)(H2,10,11,12). The first-order chi connectivity index (χ1) is 6.43. The first-order valence-corrected chi connectivity index (χ1v) is 4.27. The Morgan fingerprint density at radius 1 is 1.43 bits per heavy atom. The Balaban J connectivity index is 3.26. The molecule has 0 aliphatic heterocycles. The van der Waals surface area contributed by atoms with E-state index in [1.54, 1.807) is 20.8 Å². The number of nitrogens with two attached hydrogens (primary N) is 1. The number of aryl methyl sites for hydroxylation is 1. The molecule has 76 valence electrons. The summed E-state index contributed by atoms with van der Waals surface area (Å²) in [6.45, 7) is 5.16. The van der Waals surface area contributed by atoms with Crippen molar-refractivity contribution < 1.29 is 9.90 Å². The van der Waals surface area contributed by atoms with Crippen molar-refractivity contribution in [3.05, 3.63) is 17.0 Å². The van der Waals surface area contributed by atoms with Crippen LogP contribution in [0.2, 0.25) is 0 Å². The van der Waals surface area contributed by atoms with Crippen LogP contribution >= 0.6 is 0 Å². The van der Waals surface area contributed by atoms with E-state index < -0.39 is 11.9 Å². The summed E-state index contributed by atoms with van der Waals surface area (Å²) in [5, 5.41) is 8.84. The molecule has 5 heteroatoms. The van der Waals surface area contributed by atoms with Crippen LogP contribution in [0.25, 0.3) is 0 Å². The van der Waals surface area contributed by atoms with Gasteiger partial charge in [-0.15, -0.1) is 0 Å². The van der Waals surface area contributed by atoms with Crippen LogP contribution in [-0.2, 0) is 4.79 Å². The highest BCUT2D eigenvalue weighted by atomic mass is 16.4. The molecule has 0 amide bonds. The molecule has 0 aromatic carbocycles. The molecule has 0 radical (unpaired) electrons. The monoisotopic (exact) mass is 195 g/mol. The lowest BCUT2D eigenvalue weighted by molar-refractivity contribution is -0.138. The topological polar surface area (TPSA) is 89.1 Å². The normalized spacial score (nSPS) is 12.5. The molecule has 14 heavy (non-hydrogen) atoms. The molecule has 0 saturated carbocycles. The second-order valence-corrected chi connectivity index (χ2v) is 3.24. The zero-order valence-corrected chi connectivity index (χ0v) is 8.40. The molecule has 0 bridgehead atoms. The summed E-state index contributed by atoms with van der Waals surface area (Å²) in [7, 11) is 0. The second-order valence-electron chi connectivity index (χ2n) is 3.24. The number of aromatic nitrogens is 2. The van der Waals surface area contributed by atoms with Gasteiger partial charge in [0.25, 0.3) is 0 Å². The number of rotatable bonds is 2. The van der Waals surface area contributed by atoms with Crippen molar-refractivity contribution >= 4 is 11.9 Å². The molecule has 0 saturated heterocycles. The number of aliphatic carboxylic acids is 1. The molecule has 5 nitrogen and oxygen atoms in total. The van der Waals surface area contributed by atoms with Crippen molar-refractivity contribution in [2.24, 2.45) is 0 Å². The summed E-state index contributed by atoms with van der Waals surface area (Å²) in [4.78, 5) is 18.7. The minimum atomic E-state index is -0.911. The number of hydrogen-bond acceptors (Lipinski definition) is 4. The van der Waals surface area contributed by atoms with Crippen molar-refractivity contribution in [2.75, 3.05) is 5.73 Å². The number of nitrogen functional groups attached to an aromatic ring is 1. The van der Waals surface area contributed by atoms with Crippen LogP contribution in [0.5, 0.6) is 0 Å². The fourth-order valence-electron chi connectivity index (χ4n) is 1.21. The van der Waals surface area contributed by atoms with E-state index in [-0.39, 0.29) is 5.95 Å². The average Bonchev–Trinajstić information content (AvgIpc) is 2.09. The smallest absolute Gasteiger partial charge is 0.312 e. The summed E-state index contributed by atoms with van der Waals surface area (Å²) in [6, 6.07) is 0. The average molecular weight is 195 g/mol. The van der Waals surface area contributed by atoms with E-state index in [9.17, 15) is 4.79 Å².